The summed E-state index contributed by atoms with van der Waals surface area (Å²) >= 11 is 0. The lowest BCUT2D eigenvalue weighted by Crippen LogP contribution is -2.46. The van der Waals surface area contributed by atoms with Crippen LogP contribution in [0, 0.1) is 0 Å². The number of benzene rings is 3. The second-order valence-corrected chi connectivity index (χ2v) is 9.87. The van der Waals surface area contributed by atoms with Crippen molar-refractivity contribution in [1.82, 2.24) is 5.32 Å². The van der Waals surface area contributed by atoms with E-state index in [4.69, 9.17) is 0 Å². The predicted octanol–water partition coefficient (Wildman–Crippen LogP) is 4.37. The Morgan fingerprint density at radius 3 is 2.07 bits per heavy atom. The van der Waals surface area contributed by atoms with Crippen LogP contribution in [0.15, 0.2) is 65.6 Å². The maximum absolute atomic E-state index is 12.9. The van der Waals surface area contributed by atoms with Crippen LogP contribution in [0.3, 0.4) is 0 Å². The van der Waals surface area contributed by atoms with Gasteiger partial charge in [0, 0.05) is 7.05 Å². The van der Waals surface area contributed by atoms with Gasteiger partial charge in [0.05, 0.1) is 4.90 Å². The van der Waals surface area contributed by atoms with E-state index in [0.29, 0.717) is 0 Å². The molecule has 3 aromatic rings. The lowest BCUT2D eigenvalue weighted by atomic mass is 9.99. The van der Waals surface area contributed by atoms with Crippen molar-refractivity contribution in [2.45, 2.75) is 36.8 Å². The minimum atomic E-state index is -3.80. The molecule has 0 fully saturated rings. The Kier molecular flexibility index (Phi) is 5.31. The minimum absolute atomic E-state index is 0.137. The third-order valence-corrected chi connectivity index (χ3v) is 7.68. The number of nitrogens with one attached hydrogen (secondary N) is 1. The average molecular weight is 396 g/mol. The van der Waals surface area contributed by atoms with Crippen LogP contribution in [0.5, 0.6) is 0 Å². The number of amides is 1. The highest BCUT2D eigenvalue weighted by Gasteiger charge is 2.42. The SMILES string of the molecule is CCc1ccc2cc(-c3ccc(S(=O)(=O)C(C)(C)C(=O)NC)cc3)ccc2c1. The highest BCUT2D eigenvalue weighted by Crippen LogP contribution is 2.29. The fraction of sp³-hybridized carbons (Fsp3) is 0.261. The number of sulfone groups is 1. The molecule has 3 rings (SSSR count). The second-order valence-electron chi connectivity index (χ2n) is 7.37. The third-order valence-electron chi connectivity index (χ3n) is 5.26. The zero-order chi connectivity index (χ0) is 20.5. The molecule has 146 valence electrons. The normalized spacial score (nSPS) is 12.1. The molecule has 28 heavy (non-hydrogen) atoms. The fourth-order valence-corrected chi connectivity index (χ4v) is 4.67. The molecule has 0 bridgehead atoms. The van der Waals surface area contributed by atoms with Gasteiger partial charge in [-0.3, -0.25) is 4.79 Å². The standard InChI is InChI=1S/C23H25NO3S/c1-5-16-6-7-20-15-19(9-8-18(20)14-16)17-10-12-21(13-11-17)28(26,27)23(2,3)22(25)24-4/h6-15H,5H2,1-4H3,(H,24,25). The lowest BCUT2D eigenvalue weighted by Gasteiger charge is -2.23. The Morgan fingerprint density at radius 1 is 0.893 bits per heavy atom. The summed E-state index contributed by atoms with van der Waals surface area (Å²) < 4.78 is 24.2. The molecule has 1 N–H and O–H groups in total. The van der Waals surface area contributed by atoms with Crippen molar-refractivity contribution < 1.29 is 13.2 Å². The van der Waals surface area contributed by atoms with Gasteiger partial charge in [0.15, 0.2) is 9.84 Å². The highest BCUT2D eigenvalue weighted by atomic mass is 32.2. The lowest BCUT2D eigenvalue weighted by molar-refractivity contribution is -0.122. The van der Waals surface area contributed by atoms with Crippen molar-refractivity contribution in [1.29, 1.82) is 0 Å². The van der Waals surface area contributed by atoms with Gasteiger partial charge in [0.1, 0.15) is 4.75 Å². The van der Waals surface area contributed by atoms with Crippen LogP contribution in [0.1, 0.15) is 26.3 Å². The van der Waals surface area contributed by atoms with E-state index in [2.05, 4.69) is 42.6 Å². The van der Waals surface area contributed by atoms with Crippen molar-refractivity contribution in [2.24, 2.45) is 0 Å². The molecule has 0 aliphatic carbocycles. The molecule has 0 saturated carbocycles. The van der Waals surface area contributed by atoms with Crippen molar-refractivity contribution >= 4 is 26.5 Å². The van der Waals surface area contributed by atoms with Crippen molar-refractivity contribution in [3.05, 3.63) is 66.2 Å². The average Bonchev–Trinajstić information content (AvgIpc) is 2.72. The molecule has 0 aliphatic rings. The van der Waals surface area contributed by atoms with E-state index in [0.717, 1.165) is 22.9 Å². The van der Waals surface area contributed by atoms with Gasteiger partial charge in [-0.1, -0.05) is 49.4 Å². The van der Waals surface area contributed by atoms with Gasteiger partial charge in [-0.25, -0.2) is 8.42 Å². The van der Waals surface area contributed by atoms with Gasteiger partial charge in [-0.15, -0.1) is 0 Å². The maximum Gasteiger partial charge on any atom is 0.241 e. The van der Waals surface area contributed by atoms with E-state index in [1.165, 1.54) is 31.8 Å². The van der Waals surface area contributed by atoms with E-state index in [9.17, 15) is 13.2 Å². The number of hydrogen-bond donors (Lipinski definition) is 1. The Balaban J connectivity index is 1.96. The quantitative estimate of drug-likeness (QED) is 0.698. The smallest absolute Gasteiger partial charge is 0.241 e. The van der Waals surface area contributed by atoms with Gasteiger partial charge in [0.2, 0.25) is 5.91 Å². The van der Waals surface area contributed by atoms with Gasteiger partial charge in [0.25, 0.3) is 0 Å². The van der Waals surface area contributed by atoms with Crippen molar-refractivity contribution in [3.63, 3.8) is 0 Å². The van der Waals surface area contributed by atoms with Gasteiger partial charge in [-0.2, -0.15) is 0 Å². The number of aryl methyl sites for hydroxylation is 1. The fourth-order valence-electron chi connectivity index (χ4n) is 3.24. The molecule has 0 saturated heterocycles. The number of carbonyl (C=O) groups is 1. The van der Waals surface area contributed by atoms with E-state index >= 15 is 0 Å². The van der Waals surface area contributed by atoms with E-state index in [1.807, 2.05) is 6.07 Å². The molecule has 3 aromatic carbocycles. The van der Waals surface area contributed by atoms with Crippen LogP contribution in [0.4, 0.5) is 0 Å². The van der Waals surface area contributed by atoms with Gasteiger partial charge in [-0.05, 0) is 65.9 Å². The summed E-state index contributed by atoms with van der Waals surface area (Å²) in [5.41, 5.74) is 3.25. The molecule has 5 heteroatoms. The summed E-state index contributed by atoms with van der Waals surface area (Å²) in [5.74, 6) is -0.530. The first kappa shape index (κ1) is 20.1. The van der Waals surface area contributed by atoms with Crippen LogP contribution < -0.4 is 5.32 Å². The molecule has 0 radical (unpaired) electrons. The maximum atomic E-state index is 12.9. The minimum Gasteiger partial charge on any atom is -0.358 e. The number of rotatable bonds is 5. The molecule has 1 amide bonds. The summed E-state index contributed by atoms with van der Waals surface area (Å²) in [5, 5.41) is 4.76. The second kappa shape index (κ2) is 7.40. The van der Waals surface area contributed by atoms with E-state index in [1.54, 1.807) is 24.3 Å². The summed E-state index contributed by atoms with van der Waals surface area (Å²) in [6.45, 7) is 4.97. The highest BCUT2D eigenvalue weighted by molar-refractivity contribution is 7.93. The summed E-state index contributed by atoms with van der Waals surface area (Å²) in [7, 11) is -2.37. The van der Waals surface area contributed by atoms with Crippen LogP contribution in [-0.2, 0) is 21.1 Å². The Morgan fingerprint density at radius 2 is 1.46 bits per heavy atom. The first-order chi connectivity index (χ1) is 13.2. The van der Waals surface area contributed by atoms with Crippen LogP contribution in [-0.4, -0.2) is 26.1 Å². The summed E-state index contributed by atoms with van der Waals surface area (Å²) in [4.78, 5) is 12.2. The number of fused-ring (bicyclic) bond motifs is 1. The van der Waals surface area contributed by atoms with Crippen LogP contribution in [0.2, 0.25) is 0 Å². The molecular weight excluding hydrogens is 370 g/mol. The Hall–Kier alpha value is -2.66. The van der Waals surface area contributed by atoms with Gasteiger partial charge < -0.3 is 5.32 Å². The third kappa shape index (κ3) is 3.42. The molecule has 0 unspecified atom stereocenters. The first-order valence-electron chi connectivity index (χ1n) is 9.30. The molecule has 4 nitrogen and oxygen atoms in total. The van der Waals surface area contributed by atoms with Crippen LogP contribution >= 0.6 is 0 Å². The van der Waals surface area contributed by atoms with Crippen LogP contribution in [0.25, 0.3) is 21.9 Å². The molecule has 0 heterocycles. The zero-order valence-corrected chi connectivity index (χ0v) is 17.4. The summed E-state index contributed by atoms with van der Waals surface area (Å²) in [6.07, 6.45) is 1.00. The van der Waals surface area contributed by atoms with Gasteiger partial charge >= 0.3 is 0 Å². The Labute approximate surface area is 166 Å². The molecule has 0 aliphatic heterocycles. The number of carbonyl (C=O) groups excluding carboxylic acids is 1. The molecule has 0 aromatic heterocycles. The molecule has 0 spiro atoms. The topological polar surface area (TPSA) is 63.2 Å². The number of hydrogen-bond acceptors (Lipinski definition) is 3. The monoisotopic (exact) mass is 395 g/mol. The predicted molar refractivity (Wildman–Crippen MR) is 114 cm³/mol. The molecule has 0 atom stereocenters. The van der Waals surface area contributed by atoms with Crippen molar-refractivity contribution in [2.75, 3.05) is 7.05 Å². The zero-order valence-electron chi connectivity index (χ0n) is 16.6. The first-order valence-corrected chi connectivity index (χ1v) is 10.8. The summed E-state index contributed by atoms with van der Waals surface area (Å²) in [6, 6.07) is 19.4. The molecular formula is C23H25NO3S. The largest absolute Gasteiger partial charge is 0.358 e. The Bertz CT molecular complexity index is 1130. The van der Waals surface area contributed by atoms with E-state index < -0.39 is 20.5 Å². The van der Waals surface area contributed by atoms with E-state index in [-0.39, 0.29) is 4.90 Å². The van der Waals surface area contributed by atoms with Crippen molar-refractivity contribution in [3.8, 4) is 11.1 Å².